The Labute approximate surface area is 119 Å². The molecule has 102 valence electrons. The van der Waals surface area contributed by atoms with Crippen molar-refractivity contribution in [2.75, 3.05) is 5.32 Å². The predicted molar refractivity (Wildman–Crippen MR) is 82.6 cm³/mol. The molecule has 1 aromatic heterocycles. The Morgan fingerprint density at radius 1 is 1.10 bits per heavy atom. The second-order valence-corrected chi connectivity index (χ2v) is 4.90. The minimum absolute atomic E-state index is 0.179. The second kappa shape index (κ2) is 6.15. The van der Waals surface area contributed by atoms with E-state index in [2.05, 4.69) is 23.3 Å². The van der Waals surface area contributed by atoms with E-state index in [9.17, 15) is 4.79 Å². The number of aromatic nitrogens is 1. The summed E-state index contributed by atoms with van der Waals surface area (Å²) in [7, 11) is 0. The van der Waals surface area contributed by atoms with E-state index in [0.717, 1.165) is 16.7 Å². The molecule has 20 heavy (non-hydrogen) atoms. The van der Waals surface area contributed by atoms with Crippen molar-refractivity contribution in [2.45, 2.75) is 20.8 Å². The van der Waals surface area contributed by atoms with Crippen molar-refractivity contribution >= 4 is 17.8 Å². The number of amides is 1. The van der Waals surface area contributed by atoms with Crippen molar-refractivity contribution in [3.63, 3.8) is 0 Å². The molecule has 0 bridgehead atoms. The van der Waals surface area contributed by atoms with Crippen LogP contribution >= 0.6 is 0 Å². The average Bonchev–Trinajstić information content (AvgIpc) is 2.40. The third-order valence-corrected chi connectivity index (χ3v) is 3.00. The van der Waals surface area contributed by atoms with Crippen LogP contribution in [0.1, 0.15) is 22.3 Å². The molecule has 0 aliphatic carbocycles. The first-order chi connectivity index (χ1) is 9.54. The SMILES string of the molecule is Cc1ccc(NC(=O)/C=C/c2ccc(C)cc2C)nc1. The summed E-state index contributed by atoms with van der Waals surface area (Å²) < 4.78 is 0. The van der Waals surface area contributed by atoms with Gasteiger partial charge in [-0.2, -0.15) is 0 Å². The number of carbonyl (C=O) groups excluding carboxylic acids is 1. The van der Waals surface area contributed by atoms with Gasteiger partial charge in [0.15, 0.2) is 0 Å². The average molecular weight is 266 g/mol. The number of hydrogen-bond donors (Lipinski definition) is 1. The summed E-state index contributed by atoms with van der Waals surface area (Å²) in [6, 6.07) is 9.85. The standard InChI is InChI=1S/C17H18N2O/c1-12-4-6-15(14(3)10-12)7-9-17(20)19-16-8-5-13(2)11-18-16/h4-11H,1-3H3,(H,18,19,20)/b9-7+. The summed E-state index contributed by atoms with van der Waals surface area (Å²) in [5.74, 6) is 0.382. The van der Waals surface area contributed by atoms with Crippen molar-refractivity contribution in [2.24, 2.45) is 0 Å². The molecule has 0 atom stereocenters. The smallest absolute Gasteiger partial charge is 0.249 e. The summed E-state index contributed by atoms with van der Waals surface area (Å²) in [4.78, 5) is 15.9. The topological polar surface area (TPSA) is 42.0 Å². The van der Waals surface area contributed by atoms with Crippen LogP contribution < -0.4 is 5.32 Å². The maximum atomic E-state index is 11.8. The van der Waals surface area contributed by atoms with Crippen molar-refractivity contribution in [3.8, 4) is 0 Å². The zero-order valence-corrected chi connectivity index (χ0v) is 12.0. The number of aryl methyl sites for hydroxylation is 3. The highest BCUT2D eigenvalue weighted by Gasteiger charge is 1.99. The van der Waals surface area contributed by atoms with Crippen molar-refractivity contribution in [3.05, 3.63) is 64.9 Å². The van der Waals surface area contributed by atoms with E-state index < -0.39 is 0 Å². The van der Waals surface area contributed by atoms with Crippen LogP contribution in [-0.4, -0.2) is 10.9 Å². The quantitative estimate of drug-likeness (QED) is 0.861. The molecule has 0 aliphatic heterocycles. The van der Waals surface area contributed by atoms with E-state index in [0.29, 0.717) is 5.82 Å². The van der Waals surface area contributed by atoms with E-state index in [4.69, 9.17) is 0 Å². The third-order valence-electron chi connectivity index (χ3n) is 3.00. The van der Waals surface area contributed by atoms with Crippen LogP contribution in [0.4, 0.5) is 5.82 Å². The Bertz CT molecular complexity index is 643. The van der Waals surface area contributed by atoms with Gasteiger partial charge in [0.25, 0.3) is 0 Å². The molecule has 0 unspecified atom stereocenters. The first kappa shape index (κ1) is 14.0. The van der Waals surface area contributed by atoms with E-state index in [-0.39, 0.29) is 5.91 Å². The van der Waals surface area contributed by atoms with Crippen LogP contribution in [0.5, 0.6) is 0 Å². The van der Waals surface area contributed by atoms with Crippen LogP contribution in [0.15, 0.2) is 42.6 Å². The molecule has 0 radical (unpaired) electrons. The van der Waals surface area contributed by atoms with Crippen LogP contribution in [0.3, 0.4) is 0 Å². The molecule has 3 heteroatoms. The Hall–Kier alpha value is -2.42. The van der Waals surface area contributed by atoms with Crippen LogP contribution in [-0.2, 0) is 4.79 Å². The molecule has 0 spiro atoms. The lowest BCUT2D eigenvalue weighted by molar-refractivity contribution is -0.111. The lowest BCUT2D eigenvalue weighted by Crippen LogP contribution is -2.09. The molecular weight excluding hydrogens is 248 g/mol. The van der Waals surface area contributed by atoms with Crippen LogP contribution in [0, 0.1) is 20.8 Å². The van der Waals surface area contributed by atoms with Gasteiger partial charge in [-0.15, -0.1) is 0 Å². The Balaban J connectivity index is 2.03. The molecule has 0 fully saturated rings. The third kappa shape index (κ3) is 3.79. The lowest BCUT2D eigenvalue weighted by Gasteiger charge is -2.03. The normalized spacial score (nSPS) is 10.8. The summed E-state index contributed by atoms with van der Waals surface area (Å²) in [5, 5.41) is 2.73. The van der Waals surface area contributed by atoms with Crippen molar-refractivity contribution in [1.29, 1.82) is 0 Å². The number of benzene rings is 1. The molecule has 2 aromatic rings. The monoisotopic (exact) mass is 266 g/mol. The Morgan fingerprint density at radius 3 is 2.50 bits per heavy atom. The van der Waals surface area contributed by atoms with Crippen molar-refractivity contribution < 1.29 is 4.79 Å². The van der Waals surface area contributed by atoms with Crippen molar-refractivity contribution in [1.82, 2.24) is 4.98 Å². The van der Waals surface area contributed by atoms with Gasteiger partial charge in [0.2, 0.25) is 5.91 Å². The number of nitrogens with one attached hydrogen (secondary N) is 1. The van der Waals surface area contributed by atoms with Gasteiger partial charge < -0.3 is 5.32 Å². The number of carbonyl (C=O) groups is 1. The zero-order chi connectivity index (χ0) is 14.5. The van der Waals surface area contributed by atoms with E-state index in [1.54, 1.807) is 12.3 Å². The zero-order valence-electron chi connectivity index (χ0n) is 12.0. The Kier molecular flexibility index (Phi) is 4.31. The molecule has 0 aliphatic rings. The molecule has 0 saturated carbocycles. The van der Waals surface area contributed by atoms with Crippen LogP contribution in [0.25, 0.3) is 6.08 Å². The first-order valence-corrected chi connectivity index (χ1v) is 6.53. The number of hydrogen-bond acceptors (Lipinski definition) is 2. The van der Waals surface area contributed by atoms with Gasteiger partial charge in [-0.25, -0.2) is 4.98 Å². The fraction of sp³-hybridized carbons (Fsp3) is 0.176. The second-order valence-electron chi connectivity index (χ2n) is 4.90. The highest BCUT2D eigenvalue weighted by Crippen LogP contribution is 2.12. The van der Waals surface area contributed by atoms with Gasteiger partial charge in [-0.05, 0) is 49.6 Å². The summed E-state index contributed by atoms with van der Waals surface area (Å²) >= 11 is 0. The van der Waals surface area contributed by atoms with Gasteiger partial charge in [0, 0.05) is 12.3 Å². The maximum absolute atomic E-state index is 11.8. The maximum Gasteiger partial charge on any atom is 0.249 e. The van der Waals surface area contributed by atoms with E-state index in [1.165, 1.54) is 11.6 Å². The predicted octanol–water partition coefficient (Wildman–Crippen LogP) is 3.66. The van der Waals surface area contributed by atoms with Gasteiger partial charge in [-0.1, -0.05) is 29.8 Å². The van der Waals surface area contributed by atoms with E-state index in [1.807, 2.05) is 38.1 Å². The fourth-order valence-electron chi connectivity index (χ4n) is 1.89. The van der Waals surface area contributed by atoms with Gasteiger partial charge in [-0.3, -0.25) is 4.79 Å². The first-order valence-electron chi connectivity index (χ1n) is 6.53. The van der Waals surface area contributed by atoms with Gasteiger partial charge >= 0.3 is 0 Å². The number of pyridine rings is 1. The number of rotatable bonds is 3. The largest absolute Gasteiger partial charge is 0.307 e. The number of nitrogens with zero attached hydrogens (tertiary/aromatic N) is 1. The summed E-state index contributed by atoms with van der Waals surface area (Å²) in [5.41, 5.74) is 4.48. The molecule has 1 heterocycles. The molecule has 0 saturated heterocycles. The van der Waals surface area contributed by atoms with Gasteiger partial charge in [0.05, 0.1) is 0 Å². The van der Waals surface area contributed by atoms with Crippen LogP contribution in [0.2, 0.25) is 0 Å². The lowest BCUT2D eigenvalue weighted by atomic mass is 10.1. The molecule has 3 nitrogen and oxygen atoms in total. The van der Waals surface area contributed by atoms with Gasteiger partial charge in [0.1, 0.15) is 5.82 Å². The summed E-state index contributed by atoms with van der Waals surface area (Å²) in [6.07, 6.45) is 5.07. The summed E-state index contributed by atoms with van der Waals surface area (Å²) in [6.45, 7) is 6.04. The Morgan fingerprint density at radius 2 is 1.85 bits per heavy atom. The van der Waals surface area contributed by atoms with E-state index >= 15 is 0 Å². The molecule has 1 N–H and O–H groups in total. The minimum atomic E-state index is -0.179. The molecule has 1 aromatic carbocycles. The molecular formula is C17H18N2O. The molecule has 2 rings (SSSR count). The fourth-order valence-corrected chi connectivity index (χ4v) is 1.89. The minimum Gasteiger partial charge on any atom is -0.307 e. The highest BCUT2D eigenvalue weighted by atomic mass is 16.1. The number of anilines is 1. The molecule has 1 amide bonds. The highest BCUT2D eigenvalue weighted by molar-refractivity contribution is 6.01.